The van der Waals surface area contributed by atoms with Crippen LogP contribution in [0, 0.1) is 0 Å². The van der Waals surface area contributed by atoms with Crippen molar-refractivity contribution >= 4 is 47.7 Å². The van der Waals surface area contributed by atoms with Crippen molar-refractivity contribution < 1.29 is 9.47 Å². The van der Waals surface area contributed by atoms with Crippen LogP contribution in [0.25, 0.3) is 5.31 Å². The van der Waals surface area contributed by atoms with E-state index in [1.807, 2.05) is 6.26 Å². The number of allylic oxidation sites excluding steroid dienone is 2. The minimum atomic E-state index is -0.980. The molecule has 1 heterocycles. The fourth-order valence-electron chi connectivity index (χ4n) is 5.71. The topological polar surface area (TPSA) is 18.5 Å². The van der Waals surface area contributed by atoms with E-state index in [0.717, 1.165) is 35.2 Å². The molecule has 2 aliphatic rings. The van der Waals surface area contributed by atoms with Gasteiger partial charge in [-0.3, -0.25) is 0 Å². The Kier molecular flexibility index (Phi) is 8.32. The summed E-state index contributed by atoms with van der Waals surface area (Å²) in [6, 6.07) is 50.1. The molecule has 0 N–H and O–H groups in total. The van der Waals surface area contributed by atoms with Crippen LogP contribution >= 0.6 is 15.8 Å². The highest BCUT2D eigenvalue weighted by Gasteiger charge is 2.31. The highest BCUT2D eigenvalue weighted by molar-refractivity contribution is 7.83. The van der Waals surface area contributed by atoms with Crippen LogP contribution in [-0.4, -0.2) is 6.61 Å². The Bertz CT molecular complexity index is 1700. The number of rotatable bonds is 6. The monoisotopic (exact) mass is 594 g/mol. The summed E-state index contributed by atoms with van der Waals surface area (Å²) in [6.07, 6.45) is 8.29. The van der Waals surface area contributed by atoms with E-state index in [2.05, 4.69) is 152 Å². The third-order valence-electron chi connectivity index (χ3n) is 7.73. The zero-order chi connectivity index (χ0) is 28.8. The van der Waals surface area contributed by atoms with Crippen molar-refractivity contribution in [3.8, 4) is 5.75 Å². The van der Waals surface area contributed by atoms with E-state index in [0.29, 0.717) is 6.61 Å². The van der Waals surface area contributed by atoms with Gasteiger partial charge in [-0.15, -0.1) is 0 Å². The van der Waals surface area contributed by atoms with Gasteiger partial charge in [0.1, 0.15) is 24.4 Å². The lowest BCUT2D eigenvalue weighted by Crippen LogP contribution is -2.25. The first-order chi connectivity index (χ1) is 21.4. The first-order valence-corrected chi connectivity index (χ1v) is 17.4. The zero-order valence-corrected chi connectivity index (χ0v) is 25.6. The van der Waals surface area contributed by atoms with E-state index in [9.17, 15) is 0 Å². The van der Waals surface area contributed by atoms with Crippen LogP contribution in [0.15, 0.2) is 169 Å². The maximum absolute atomic E-state index is 6.80. The molecule has 0 spiro atoms. The zero-order valence-electron chi connectivity index (χ0n) is 23.8. The molecule has 5 aromatic carbocycles. The average Bonchev–Trinajstić information content (AvgIpc) is 3.16. The molecule has 0 saturated carbocycles. The smallest absolute Gasteiger partial charge is 0.128 e. The minimum Gasteiger partial charge on any atom is -0.488 e. The fraction of sp³-hybridized carbons (Fsp3) is 0.0769. The first-order valence-electron chi connectivity index (χ1n) is 14.7. The van der Waals surface area contributed by atoms with Gasteiger partial charge in [0.25, 0.3) is 0 Å². The summed E-state index contributed by atoms with van der Waals surface area (Å²) in [6.45, 7) is 0.514. The molecule has 210 valence electrons. The summed E-state index contributed by atoms with van der Waals surface area (Å²) in [4.78, 5) is 0. The predicted octanol–water partition coefficient (Wildman–Crippen LogP) is 7.89. The quantitative estimate of drug-likeness (QED) is 0.186. The standard InChI is InChI=1S/C39H32O2P2/c1-5-17-31(18-6-1)42(32-19-7-2-8-20-32)37-27-15-26-36-39(37)38(29-41-35-25-14-13-16-30(35)28-40-36)43(33-21-9-3-10-22-33)34-23-11-4-12-24-34/h1-12,14-15,17-27,29H,13,16,28H2. The summed E-state index contributed by atoms with van der Waals surface area (Å²) in [7, 11) is -1.87. The van der Waals surface area contributed by atoms with Crippen molar-refractivity contribution in [1.82, 2.24) is 0 Å². The second-order valence-corrected chi connectivity index (χ2v) is 14.9. The van der Waals surface area contributed by atoms with Gasteiger partial charge in [-0.1, -0.05) is 140 Å². The van der Waals surface area contributed by atoms with E-state index >= 15 is 0 Å². The molecule has 0 bridgehead atoms. The number of ether oxygens (including phenoxy) is 2. The molecule has 0 radical (unpaired) electrons. The number of hydrogen-bond acceptors (Lipinski definition) is 2. The van der Waals surface area contributed by atoms with Gasteiger partial charge in [0, 0.05) is 16.5 Å². The Balaban J connectivity index is 1.52. The lowest BCUT2D eigenvalue weighted by Gasteiger charge is -2.28. The van der Waals surface area contributed by atoms with Crippen LogP contribution in [0.1, 0.15) is 18.4 Å². The molecule has 2 nitrogen and oxygen atoms in total. The molecule has 0 atom stereocenters. The Morgan fingerprint density at radius 3 is 1.63 bits per heavy atom. The molecule has 1 aliphatic carbocycles. The molecule has 1 aliphatic heterocycles. The number of hydrogen-bond donors (Lipinski definition) is 0. The Morgan fingerprint density at radius 1 is 0.535 bits per heavy atom. The molecule has 0 fully saturated rings. The molecule has 0 saturated heterocycles. The summed E-state index contributed by atoms with van der Waals surface area (Å²) in [5.41, 5.74) is 2.34. The summed E-state index contributed by atoms with van der Waals surface area (Å²) < 4.78 is 13.5. The molecule has 0 aromatic heterocycles. The van der Waals surface area contributed by atoms with Crippen LogP contribution in [0.4, 0.5) is 0 Å². The van der Waals surface area contributed by atoms with E-state index in [1.165, 1.54) is 32.1 Å². The van der Waals surface area contributed by atoms with Gasteiger partial charge in [-0.2, -0.15) is 0 Å². The predicted molar refractivity (Wildman–Crippen MR) is 184 cm³/mol. The minimum absolute atomic E-state index is 0.514. The van der Waals surface area contributed by atoms with E-state index < -0.39 is 15.8 Å². The van der Waals surface area contributed by atoms with Crippen LogP contribution < -0.4 is 31.3 Å². The number of fused-ring (bicyclic) bond motifs is 1. The van der Waals surface area contributed by atoms with Crippen molar-refractivity contribution in [1.29, 1.82) is 0 Å². The highest BCUT2D eigenvalue weighted by atomic mass is 31.1. The van der Waals surface area contributed by atoms with Crippen molar-refractivity contribution in [3.63, 3.8) is 0 Å². The fourth-order valence-corrected chi connectivity index (χ4v) is 10.7. The molecular weight excluding hydrogens is 562 g/mol. The molecule has 5 aromatic rings. The van der Waals surface area contributed by atoms with Gasteiger partial charge in [0.05, 0.1) is 0 Å². The largest absolute Gasteiger partial charge is 0.488 e. The second kappa shape index (κ2) is 13.0. The number of benzene rings is 5. The average molecular weight is 595 g/mol. The maximum atomic E-state index is 6.80. The molecule has 7 rings (SSSR count). The third-order valence-corrected chi connectivity index (χ3v) is 12.7. The SMILES string of the molecule is C1=CC2=C(CC1)COc1cccc(P(c3ccccc3)c3ccccc3)c1C(P(c1ccccc1)c1ccccc1)=CO2. The highest BCUT2D eigenvalue weighted by Crippen LogP contribution is 2.53. The summed E-state index contributed by atoms with van der Waals surface area (Å²) in [5, 5.41) is 7.59. The lowest BCUT2D eigenvalue weighted by atomic mass is 10.0. The molecule has 4 heteroatoms. The Labute approximate surface area is 256 Å². The van der Waals surface area contributed by atoms with E-state index in [1.54, 1.807) is 0 Å². The molecule has 43 heavy (non-hydrogen) atoms. The van der Waals surface area contributed by atoms with Gasteiger partial charge in [-0.05, 0) is 67.3 Å². The van der Waals surface area contributed by atoms with Crippen molar-refractivity contribution in [2.24, 2.45) is 0 Å². The summed E-state index contributed by atoms with van der Waals surface area (Å²) in [5.74, 6) is 1.82. The van der Waals surface area contributed by atoms with E-state index in [4.69, 9.17) is 9.47 Å². The summed E-state index contributed by atoms with van der Waals surface area (Å²) >= 11 is 0. The van der Waals surface area contributed by atoms with Gasteiger partial charge in [-0.25, -0.2) is 0 Å². The van der Waals surface area contributed by atoms with Crippen molar-refractivity contribution in [2.75, 3.05) is 6.61 Å². The third kappa shape index (κ3) is 5.87. The first kappa shape index (κ1) is 27.6. The van der Waals surface area contributed by atoms with Gasteiger partial charge in [0.2, 0.25) is 0 Å². The molecular formula is C39H32O2P2. The van der Waals surface area contributed by atoms with Gasteiger partial charge >= 0.3 is 0 Å². The molecule has 0 amide bonds. The van der Waals surface area contributed by atoms with Gasteiger partial charge in [0.15, 0.2) is 0 Å². The lowest BCUT2D eigenvalue weighted by molar-refractivity contribution is 0.320. The van der Waals surface area contributed by atoms with E-state index in [-0.39, 0.29) is 0 Å². The van der Waals surface area contributed by atoms with Crippen LogP contribution in [0.3, 0.4) is 0 Å². The van der Waals surface area contributed by atoms with Crippen molar-refractivity contribution in [2.45, 2.75) is 12.8 Å². The van der Waals surface area contributed by atoms with Crippen molar-refractivity contribution in [3.05, 3.63) is 175 Å². The second-order valence-electron chi connectivity index (χ2n) is 10.5. The van der Waals surface area contributed by atoms with Crippen LogP contribution in [-0.2, 0) is 4.74 Å². The van der Waals surface area contributed by atoms with Crippen LogP contribution in [0.5, 0.6) is 5.75 Å². The Hall–Kier alpha value is -4.22. The molecule has 0 unspecified atom stereocenters. The normalized spacial score (nSPS) is 14.5. The van der Waals surface area contributed by atoms with Gasteiger partial charge < -0.3 is 9.47 Å². The maximum Gasteiger partial charge on any atom is 0.128 e. The van der Waals surface area contributed by atoms with Crippen LogP contribution in [0.2, 0.25) is 0 Å². The Morgan fingerprint density at radius 2 is 1.07 bits per heavy atom.